The van der Waals surface area contributed by atoms with Crippen molar-refractivity contribution in [3.8, 4) is 0 Å². The van der Waals surface area contributed by atoms with E-state index in [9.17, 15) is 0 Å². The molecule has 3 nitrogen and oxygen atoms in total. The van der Waals surface area contributed by atoms with Crippen LogP contribution >= 0.6 is 15.9 Å². The average Bonchev–Trinajstić information content (AvgIpc) is 2.53. The monoisotopic (exact) mass is 301 g/mol. The van der Waals surface area contributed by atoms with Gasteiger partial charge in [-0.1, -0.05) is 20.8 Å². The molecule has 17 heavy (non-hydrogen) atoms. The summed E-state index contributed by atoms with van der Waals surface area (Å²) in [6.45, 7) is 6.60. The molecule has 0 aromatic carbocycles. The fraction of sp³-hybridized carbons (Fsp3) is 0.769. The van der Waals surface area contributed by atoms with Crippen LogP contribution in [0.4, 0.5) is 0 Å². The van der Waals surface area contributed by atoms with Gasteiger partial charge in [0.15, 0.2) is 0 Å². The van der Waals surface area contributed by atoms with Gasteiger partial charge in [-0.2, -0.15) is 5.10 Å². The molecule has 0 aliphatic rings. The van der Waals surface area contributed by atoms with Gasteiger partial charge in [-0.05, 0) is 41.1 Å². The van der Waals surface area contributed by atoms with E-state index in [0.29, 0.717) is 0 Å². The van der Waals surface area contributed by atoms with Gasteiger partial charge in [0.25, 0.3) is 0 Å². The van der Waals surface area contributed by atoms with Crippen LogP contribution in [0, 0.1) is 5.92 Å². The molecule has 0 amide bonds. The van der Waals surface area contributed by atoms with E-state index in [1.54, 1.807) is 0 Å². The van der Waals surface area contributed by atoms with Crippen LogP contribution in [0.3, 0.4) is 0 Å². The van der Waals surface area contributed by atoms with Crippen LogP contribution in [0.5, 0.6) is 0 Å². The van der Waals surface area contributed by atoms with Crippen molar-refractivity contribution in [2.75, 3.05) is 0 Å². The molecule has 1 rings (SSSR count). The van der Waals surface area contributed by atoms with Crippen molar-refractivity contribution in [3.05, 3.63) is 15.9 Å². The molecular weight excluding hydrogens is 278 g/mol. The van der Waals surface area contributed by atoms with Crippen molar-refractivity contribution in [3.63, 3.8) is 0 Å². The lowest BCUT2D eigenvalue weighted by atomic mass is 10.0. The molecule has 1 atom stereocenters. The molecule has 0 aliphatic carbocycles. The summed E-state index contributed by atoms with van der Waals surface area (Å²) >= 11 is 3.63. The largest absolute Gasteiger partial charge is 0.327 e. The summed E-state index contributed by atoms with van der Waals surface area (Å²) in [5.41, 5.74) is 8.52. The molecule has 0 saturated carbocycles. The Morgan fingerprint density at radius 1 is 1.35 bits per heavy atom. The predicted molar refractivity (Wildman–Crippen MR) is 76.0 cm³/mol. The first-order chi connectivity index (χ1) is 7.95. The van der Waals surface area contributed by atoms with E-state index in [1.165, 1.54) is 12.1 Å². The molecule has 0 bridgehead atoms. The van der Waals surface area contributed by atoms with Gasteiger partial charge >= 0.3 is 0 Å². The Bertz CT molecular complexity index is 358. The van der Waals surface area contributed by atoms with E-state index >= 15 is 0 Å². The predicted octanol–water partition coefficient (Wildman–Crippen LogP) is 3.05. The molecule has 0 fully saturated rings. The second-order valence-electron chi connectivity index (χ2n) is 5.12. The lowest BCUT2D eigenvalue weighted by Crippen LogP contribution is -2.24. The zero-order valence-corrected chi connectivity index (χ0v) is 12.9. The van der Waals surface area contributed by atoms with Crippen LogP contribution in [-0.4, -0.2) is 15.8 Å². The fourth-order valence-electron chi connectivity index (χ4n) is 1.94. The maximum Gasteiger partial charge on any atom is 0.0766 e. The highest BCUT2D eigenvalue weighted by Gasteiger charge is 2.15. The summed E-state index contributed by atoms with van der Waals surface area (Å²) in [5, 5.41) is 4.49. The quantitative estimate of drug-likeness (QED) is 0.877. The number of rotatable bonds is 6. The summed E-state index contributed by atoms with van der Waals surface area (Å²) in [6, 6.07) is 0.230. The van der Waals surface area contributed by atoms with Crippen LogP contribution < -0.4 is 5.73 Å². The molecule has 98 valence electrons. The van der Waals surface area contributed by atoms with E-state index in [1.807, 2.05) is 11.7 Å². The zero-order chi connectivity index (χ0) is 13.0. The molecule has 1 heterocycles. The van der Waals surface area contributed by atoms with Gasteiger partial charge in [0.1, 0.15) is 0 Å². The highest BCUT2D eigenvalue weighted by Crippen LogP contribution is 2.23. The van der Waals surface area contributed by atoms with Crippen molar-refractivity contribution in [1.82, 2.24) is 9.78 Å². The minimum atomic E-state index is 0.230. The van der Waals surface area contributed by atoms with Gasteiger partial charge in [-0.15, -0.1) is 0 Å². The number of nitrogens with zero attached hydrogens (tertiary/aromatic N) is 2. The smallest absolute Gasteiger partial charge is 0.0766 e. The third-order valence-corrected chi connectivity index (χ3v) is 3.99. The Morgan fingerprint density at radius 2 is 2.00 bits per heavy atom. The van der Waals surface area contributed by atoms with Crippen molar-refractivity contribution in [2.45, 2.75) is 52.5 Å². The highest BCUT2D eigenvalue weighted by molar-refractivity contribution is 9.10. The van der Waals surface area contributed by atoms with Crippen LogP contribution in [0.15, 0.2) is 4.47 Å². The van der Waals surface area contributed by atoms with Crippen LogP contribution in [0.1, 0.15) is 45.0 Å². The third-order valence-electron chi connectivity index (χ3n) is 3.07. The molecule has 1 unspecified atom stereocenters. The van der Waals surface area contributed by atoms with Crippen molar-refractivity contribution < 1.29 is 0 Å². The first-order valence-electron chi connectivity index (χ1n) is 6.41. The maximum atomic E-state index is 6.18. The van der Waals surface area contributed by atoms with E-state index in [2.05, 4.69) is 41.8 Å². The molecule has 0 aliphatic heterocycles. The fourth-order valence-corrected chi connectivity index (χ4v) is 2.72. The Balaban J connectivity index is 2.64. The lowest BCUT2D eigenvalue weighted by Gasteiger charge is -2.13. The molecule has 4 heteroatoms. The first-order valence-corrected chi connectivity index (χ1v) is 7.20. The summed E-state index contributed by atoms with van der Waals surface area (Å²) in [6.07, 6.45) is 4.13. The van der Waals surface area contributed by atoms with Crippen LogP contribution in [-0.2, 0) is 19.9 Å². The Kier molecular flexibility index (Phi) is 5.67. The van der Waals surface area contributed by atoms with E-state index in [4.69, 9.17) is 5.73 Å². The highest BCUT2D eigenvalue weighted by atomic mass is 79.9. The summed E-state index contributed by atoms with van der Waals surface area (Å²) in [5.74, 6) is 0.724. The minimum absolute atomic E-state index is 0.230. The van der Waals surface area contributed by atoms with E-state index in [-0.39, 0.29) is 6.04 Å². The zero-order valence-electron chi connectivity index (χ0n) is 11.3. The number of nitrogens with two attached hydrogens (primary N) is 1. The number of aromatic nitrogens is 2. The number of aryl methyl sites for hydroxylation is 2. The molecule has 0 saturated heterocycles. The summed E-state index contributed by atoms with van der Waals surface area (Å²) in [4.78, 5) is 0. The van der Waals surface area contributed by atoms with Crippen molar-refractivity contribution >= 4 is 15.9 Å². The van der Waals surface area contributed by atoms with Gasteiger partial charge in [0.05, 0.1) is 15.9 Å². The normalized spacial score (nSPS) is 13.4. The molecular formula is C13H24BrN3. The maximum absolute atomic E-state index is 6.18. The van der Waals surface area contributed by atoms with Gasteiger partial charge in [-0.3, -0.25) is 4.68 Å². The minimum Gasteiger partial charge on any atom is -0.327 e. The summed E-state index contributed by atoms with van der Waals surface area (Å²) in [7, 11) is 1.99. The molecule has 1 aromatic rings. The van der Waals surface area contributed by atoms with Crippen molar-refractivity contribution in [1.29, 1.82) is 0 Å². The van der Waals surface area contributed by atoms with Gasteiger partial charge < -0.3 is 5.73 Å². The Hall–Kier alpha value is -0.350. The van der Waals surface area contributed by atoms with Gasteiger partial charge in [-0.25, -0.2) is 0 Å². The molecule has 0 spiro atoms. The second-order valence-corrected chi connectivity index (χ2v) is 5.91. The van der Waals surface area contributed by atoms with E-state index < -0.39 is 0 Å². The van der Waals surface area contributed by atoms with Gasteiger partial charge in [0.2, 0.25) is 0 Å². The lowest BCUT2D eigenvalue weighted by molar-refractivity contribution is 0.486. The standard InChI is InChI=1S/C13H24BrN3/c1-5-11-13(14)12(17(4)16-11)8-10(15)7-6-9(2)3/h9-10H,5-8,15H2,1-4H3. The Labute approximate surface area is 113 Å². The molecule has 1 aromatic heterocycles. The Morgan fingerprint density at radius 3 is 2.47 bits per heavy atom. The van der Waals surface area contributed by atoms with E-state index in [0.717, 1.165) is 35.3 Å². The third kappa shape index (κ3) is 4.11. The van der Waals surface area contributed by atoms with Gasteiger partial charge in [0, 0.05) is 19.5 Å². The number of halogens is 1. The average molecular weight is 302 g/mol. The first kappa shape index (κ1) is 14.7. The molecule has 0 radical (unpaired) electrons. The second kappa shape index (κ2) is 6.55. The SMILES string of the molecule is CCc1nn(C)c(CC(N)CCC(C)C)c1Br. The van der Waals surface area contributed by atoms with Crippen LogP contribution in [0.2, 0.25) is 0 Å². The number of hydrogen-bond acceptors (Lipinski definition) is 2. The number of hydrogen-bond donors (Lipinski definition) is 1. The molecule has 2 N–H and O–H groups in total. The summed E-state index contributed by atoms with van der Waals surface area (Å²) < 4.78 is 3.10. The van der Waals surface area contributed by atoms with Crippen molar-refractivity contribution in [2.24, 2.45) is 18.7 Å². The van der Waals surface area contributed by atoms with Crippen LogP contribution in [0.25, 0.3) is 0 Å². The topological polar surface area (TPSA) is 43.8 Å².